The van der Waals surface area contributed by atoms with Crippen LogP contribution in [0.25, 0.3) is 0 Å². The maximum Gasteiger partial charge on any atom is 0.122 e. The van der Waals surface area contributed by atoms with Gasteiger partial charge in [0.2, 0.25) is 0 Å². The molecule has 0 aliphatic rings. The molecular weight excluding hydrogens is 234 g/mol. The molecular formula is C17H29NO. The third-order valence-corrected chi connectivity index (χ3v) is 3.36. The molecule has 1 aromatic carbocycles. The minimum atomic E-state index is -0.0701. The fourth-order valence-corrected chi connectivity index (χ4v) is 2.24. The van der Waals surface area contributed by atoms with Gasteiger partial charge in [0.15, 0.2) is 0 Å². The molecule has 1 aromatic rings. The smallest absolute Gasteiger partial charge is 0.122 e. The topological polar surface area (TPSA) is 35.2 Å². The van der Waals surface area contributed by atoms with Crippen molar-refractivity contribution < 1.29 is 4.74 Å². The summed E-state index contributed by atoms with van der Waals surface area (Å²) < 4.78 is 5.47. The van der Waals surface area contributed by atoms with E-state index < -0.39 is 0 Å². The molecule has 0 spiro atoms. The van der Waals surface area contributed by atoms with Gasteiger partial charge in [0.05, 0.1) is 7.11 Å². The van der Waals surface area contributed by atoms with Gasteiger partial charge in [-0.05, 0) is 55.7 Å². The Balaban J connectivity index is 2.82. The van der Waals surface area contributed by atoms with Crippen molar-refractivity contribution in [1.29, 1.82) is 0 Å². The largest absolute Gasteiger partial charge is 0.496 e. The number of methoxy groups -OCH3 is 1. The normalized spacial score (nSPS) is 12.6. The van der Waals surface area contributed by atoms with Gasteiger partial charge < -0.3 is 10.5 Å². The molecule has 2 N–H and O–H groups in total. The number of hydrogen-bond acceptors (Lipinski definition) is 2. The molecule has 0 amide bonds. The van der Waals surface area contributed by atoms with E-state index in [1.807, 2.05) is 0 Å². The molecule has 2 nitrogen and oxygen atoms in total. The van der Waals surface area contributed by atoms with Crippen LogP contribution in [0.1, 0.15) is 58.6 Å². The molecule has 0 fully saturated rings. The van der Waals surface area contributed by atoms with Crippen molar-refractivity contribution in [1.82, 2.24) is 0 Å². The molecule has 0 saturated carbocycles. The van der Waals surface area contributed by atoms with Crippen molar-refractivity contribution in [2.75, 3.05) is 7.11 Å². The van der Waals surface area contributed by atoms with Crippen LogP contribution in [0, 0.1) is 0 Å². The molecule has 2 heteroatoms. The van der Waals surface area contributed by atoms with Gasteiger partial charge in [-0.25, -0.2) is 0 Å². The molecule has 108 valence electrons. The monoisotopic (exact) mass is 263 g/mol. The third-order valence-electron chi connectivity index (χ3n) is 3.36. The van der Waals surface area contributed by atoms with E-state index in [0.717, 1.165) is 25.0 Å². The average molecular weight is 263 g/mol. The number of aryl methyl sites for hydroxylation is 1. The van der Waals surface area contributed by atoms with E-state index in [-0.39, 0.29) is 11.0 Å². The van der Waals surface area contributed by atoms with Crippen LogP contribution in [-0.2, 0) is 11.8 Å². The average Bonchev–Trinajstić information content (AvgIpc) is 2.26. The van der Waals surface area contributed by atoms with Crippen LogP contribution in [0.2, 0.25) is 0 Å². The highest BCUT2D eigenvalue weighted by Crippen LogP contribution is 2.32. The van der Waals surface area contributed by atoms with E-state index in [1.165, 1.54) is 11.1 Å². The quantitative estimate of drug-likeness (QED) is 0.869. The summed E-state index contributed by atoms with van der Waals surface area (Å²) in [5, 5.41) is 0. The van der Waals surface area contributed by atoms with Gasteiger partial charge in [0.1, 0.15) is 5.75 Å². The molecule has 0 radical (unpaired) electrons. The molecule has 19 heavy (non-hydrogen) atoms. The van der Waals surface area contributed by atoms with Gasteiger partial charge in [0, 0.05) is 5.54 Å². The molecule has 0 aliphatic heterocycles. The predicted octanol–water partition coefficient (Wildman–Crippen LogP) is 4.05. The lowest BCUT2D eigenvalue weighted by molar-refractivity contribution is 0.397. The fourth-order valence-electron chi connectivity index (χ4n) is 2.24. The molecule has 0 bridgehead atoms. The van der Waals surface area contributed by atoms with Gasteiger partial charge in [-0.2, -0.15) is 0 Å². The molecule has 0 saturated heterocycles. The van der Waals surface area contributed by atoms with Crippen LogP contribution in [0.5, 0.6) is 5.75 Å². The first-order chi connectivity index (χ1) is 8.63. The summed E-state index contributed by atoms with van der Waals surface area (Å²) in [6.45, 7) is 10.8. The second kappa shape index (κ2) is 5.96. The standard InChI is InChI=1S/C17H29NO/c1-16(2,3)14-12-13(9-10-15(14)19-6)8-7-11-17(4,5)18/h9-10,12H,7-8,11,18H2,1-6H3. The van der Waals surface area contributed by atoms with Crippen molar-refractivity contribution in [3.8, 4) is 5.75 Å². The Bertz CT molecular complexity index is 410. The predicted molar refractivity (Wildman–Crippen MR) is 82.9 cm³/mol. The van der Waals surface area contributed by atoms with Gasteiger partial charge >= 0.3 is 0 Å². The van der Waals surface area contributed by atoms with Crippen LogP contribution in [-0.4, -0.2) is 12.6 Å². The lowest BCUT2D eigenvalue weighted by atomic mass is 9.84. The summed E-state index contributed by atoms with van der Waals surface area (Å²) in [5.41, 5.74) is 8.71. The Kier molecular flexibility index (Phi) is 5.03. The van der Waals surface area contributed by atoms with Crippen molar-refractivity contribution in [2.45, 2.75) is 64.8 Å². The lowest BCUT2D eigenvalue weighted by Gasteiger charge is -2.23. The minimum absolute atomic E-state index is 0.0701. The highest BCUT2D eigenvalue weighted by Gasteiger charge is 2.19. The highest BCUT2D eigenvalue weighted by molar-refractivity contribution is 5.41. The van der Waals surface area contributed by atoms with Crippen molar-refractivity contribution in [2.24, 2.45) is 5.73 Å². The zero-order valence-electron chi connectivity index (χ0n) is 13.3. The van der Waals surface area contributed by atoms with Gasteiger partial charge in [-0.3, -0.25) is 0 Å². The number of ether oxygens (including phenoxy) is 1. The van der Waals surface area contributed by atoms with E-state index in [0.29, 0.717) is 0 Å². The van der Waals surface area contributed by atoms with E-state index in [1.54, 1.807) is 7.11 Å². The maximum atomic E-state index is 6.02. The Hall–Kier alpha value is -1.02. The van der Waals surface area contributed by atoms with E-state index in [2.05, 4.69) is 52.8 Å². The minimum Gasteiger partial charge on any atom is -0.496 e. The Morgan fingerprint density at radius 1 is 1.11 bits per heavy atom. The van der Waals surface area contributed by atoms with E-state index >= 15 is 0 Å². The summed E-state index contributed by atoms with van der Waals surface area (Å²) >= 11 is 0. The second-order valence-electron chi connectivity index (χ2n) is 7.13. The molecule has 0 aliphatic carbocycles. The fraction of sp³-hybridized carbons (Fsp3) is 0.647. The van der Waals surface area contributed by atoms with Gasteiger partial charge in [0.25, 0.3) is 0 Å². The van der Waals surface area contributed by atoms with Crippen LogP contribution in [0.4, 0.5) is 0 Å². The van der Waals surface area contributed by atoms with Crippen LogP contribution in [0.15, 0.2) is 18.2 Å². The number of rotatable bonds is 5. The third kappa shape index (κ3) is 5.23. The van der Waals surface area contributed by atoms with Crippen LogP contribution >= 0.6 is 0 Å². The molecule has 0 aromatic heterocycles. The first-order valence-corrected chi connectivity index (χ1v) is 7.10. The molecule has 0 heterocycles. The van der Waals surface area contributed by atoms with Crippen LogP contribution < -0.4 is 10.5 Å². The number of benzene rings is 1. The first-order valence-electron chi connectivity index (χ1n) is 7.10. The summed E-state index contributed by atoms with van der Waals surface area (Å²) in [6, 6.07) is 6.53. The number of hydrogen-bond donors (Lipinski definition) is 1. The van der Waals surface area contributed by atoms with E-state index in [9.17, 15) is 0 Å². The van der Waals surface area contributed by atoms with Crippen LogP contribution in [0.3, 0.4) is 0 Å². The van der Waals surface area contributed by atoms with Crippen molar-refractivity contribution in [3.63, 3.8) is 0 Å². The molecule has 1 rings (SSSR count). The first kappa shape index (κ1) is 16.0. The maximum absolute atomic E-state index is 6.02. The summed E-state index contributed by atoms with van der Waals surface area (Å²) in [6.07, 6.45) is 3.25. The molecule has 0 unspecified atom stereocenters. The zero-order valence-corrected chi connectivity index (χ0v) is 13.3. The Morgan fingerprint density at radius 3 is 2.21 bits per heavy atom. The SMILES string of the molecule is COc1ccc(CCCC(C)(C)N)cc1C(C)(C)C. The molecule has 0 atom stereocenters. The van der Waals surface area contributed by atoms with Gasteiger partial charge in [-0.1, -0.05) is 32.9 Å². The van der Waals surface area contributed by atoms with Crippen molar-refractivity contribution >= 4 is 0 Å². The van der Waals surface area contributed by atoms with Crippen molar-refractivity contribution in [3.05, 3.63) is 29.3 Å². The Labute approximate surface area is 118 Å². The summed E-state index contributed by atoms with van der Waals surface area (Å²) in [7, 11) is 1.74. The lowest BCUT2D eigenvalue weighted by Crippen LogP contribution is -2.31. The highest BCUT2D eigenvalue weighted by atomic mass is 16.5. The summed E-state index contributed by atoms with van der Waals surface area (Å²) in [5.74, 6) is 0.982. The Morgan fingerprint density at radius 2 is 1.74 bits per heavy atom. The number of nitrogens with two attached hydrogens (primary N) is 1. The second-order valence-corrected chi connectivity index (χ2v) is 7.13. The van der Waals surface area contributed by atoms with E-state index in [4.69, 9.17) is 10.5 Å². The zero-order chi connectivity index (χ0) is 14.7. The van der Waals surface area contributed by atoms with Gasteiger partial charge in [-0.15, -0.1) is 0 Å². The summed E-state index contributed by atoms with van der Waals surface area (Å²) in [4.78, 5) is 0.